The van der Waals surface area contributed by atoms with E-state index in [0.717, 1.165) is 31.4 Å². The molecule has 0 unspecified atom stereocenters. The van der Waals surface area contributed by atoms with Gasteiger partial charge in [-0.3, -0.25) is 9.59 Å². The molecule has 1 amide bonds. The summed E-state index contributed by atoms with van der Waals surface area (Å²) in [5.41, 5.74) is 2.46. The van der Waals surface area contributed by atoms with Crippen LogP contribution >= 0.6 is 0 Å². The Balaban J connectivity index is 2.04. The molecule has 21 heavy (non-hydrogen) atoms. The molecule has 0 aliphatic heterocycles. The molecule has 0 bridgehead atoms. The van der Waals surface area contributed by atoms with E-state index in [0.29, 0.717) is 18.6 Å². The van der Waals surface area contributed by atoms with E-state index in [4.69, 9.17) is 4.42 Å². The van der Waals surface area contributed by atoms with Crippen LogP contribution < -0.4 is 5.43 Å². The lowest BCUT2D eigenvalue weighted by Crippen LogP contribution is -2.16. The minimum Gasteiger partial charge on any atom is -0.469 e. The first kappa shape index (κ1) is 16.9. The number of carbonyl (C=O) groups excluding carboxylic acids is 2. The smallest absolute Gasteiger partial charge is 0.305 e. The molecular weight excluding hydrogens is 272 g/mol. The minimum atomic E-state index is -0.185. The molecule has 1 rings (SSSR count). The molecule has 0 saturated heterocycles. The maximum absolute atomic E-state index is 11.5. The van der Waals surface area contributed by atoms with Crippen LogP contribution in [0.3, 0.4) is 0 Å². The third kappa shape index (κ3) is 7.91. The van der Waals surface area contributed by atoms with Gasteiger partial charge in [0.2, 0.25) is 5.91 Å². The fourth-order valence-corrected chi connectivity index (χ4v) is 1.76. The van der Waals surface area contributed by atoms with Crippen LogP contribution in [0.5, 0.6) is 0 Å². The lowest BCUT2D eigenvalue weighted by Gasteiger charge is -2.01. The quantitative estimate of drug-likeness (QED) is 0.328. The van der Waals surface area contributed by atoms with E-state index in [1.807, 2.05) is 13.0 Å². The summed E-state index contributed by atoms with van der Waals surface area (Å²) in [6.45, 7) is 1.84. The summed E-state index contributed by atoms with van der Waals surface area (Å²) in [7, 11) is 1.39. The molecule has 0 aliphatic carbocycles. The number of hydrazone groups is 1. The van der Waals surface area contributed by atoms with Gasteiger partial charge in [-0.25, -0.2) is 5.43 Å². The molecule has 0 spiro atoms. The van der Waals surface area contributed by atoms with Gasteiger partial charge in [0.1, 0.15) is 11.5 Å². The highest BCUT2D eigenvalue weighted by atomic mass is 16.5. The molecule has 0 aliphatic rings. The largest absolute Gasteiger partial charge is 0.469 e. The van der Waals surface area contributed by atoms with Crippen molar-refractivity contribution in [3.8, 4) is 0 Å². The zero-order valence-corrected chi connectivity index (χ0v) is 12.6. The Kier molecular flexibility index (Phi) is 7.86. The summed E-state index contributed by atoms with van der Waals surface area (Å²) >= 11 is 0. The van der Waals surface area contributed by atoms with Crippen LogP contribution in [-0.4, -0.2) is 25.2 Å². The Bertz CT molecular complexity index is 480. The first-order valence-electron chi connectivity index (χ1n) is 7.07. The molecule has 116 valence electrons. The number of rotatable bonds is 9. The van der Waals surface area contributed by atoms with Gasteiger partial charge in [-0.15, -0.1) is 0 Å². The molecule has 1 heterocycles. The second-order valence-electron chi connectivity index (χ2n) is 4.73. The van der Waals surface area contributed by atoms with Gasteiger partial charge in [-0.2, -0.15) is 5.10 Å². The second kappa shape index (κ2) is 9.74. The molecule has 0 saturated carbocycles. The Morgan fingerprint density at radius 2 is 1.95 bits per heavy atom. The topological polar surface area (TPSA) is 80.9 Å². The number of unbranched alkanes of at least 4 members (excludes halogenated alkanes) is 3. The molecule has 0 atom stereocenters. The first-order chi connectivity index (χ1) is 10.1. The van der Waals surface area contributed by atoms with Crippen molar-refractivity contribution in [2.24, 2.45) is 5.10 Å². The number of hydrogen-bond acceptors (Lipinski definition) is 5. The van der Waals surface area contributed by atoms with Gasteiger partial charge in [0.15, 0.2) is 0 Å². The maximum atomic E-state index is 11.5. The number of aryl methyl sites for hydroxylation is 1. The number of nitrogens with zero attached hydrogens (tertiary/aromatic N) is 1. The van der Waals surface area contributed by atoms with E-state index >= 15 is 0 Å². The molecular formula is C15H22N2O4. The van der Waals surface area contributed by atoms with Crippen molar-refractivity contribution in [1.29, 1.82) is 0 Å². The molecule has 1 aromatic heterocycles. The van der Waals surface area contributed by atoms with Crippen molar-refractivity contribution in [1.82, 2.24) is 5.43 Å². The lowest BCUT2D eigenvalue weighted by molar-refractivity contribution is -0.140. The number of carbonyl (C=O) groups is 2. The number of methoxy groups -OCH3 is 1. The summed E-state index contributed by atoms with van der Waals surface area (Å²) in [6, 6.07) is 3.61. The molecule has 0 radical (unpaired) electrons. The van der Waals surface area contributed by atoms with Crippen molar-refractivity contribution in [3.05, 3.63) is 23.7 Å². The Morgan fingerprint density at radius 1 is 1.24 bits per heavy atom. The van der Waals surface area contributed by atoms with Crippen LogP contribution in [0.15, 0.2) is 21.7 Å². The predicted molar refractivity (Wildman–Crippen MR) is 78.9 cm³/mol. The second-order valence-corrected chi connectivity index (χ2v) is 4.73. The lowest BCUT2D eigenvalue weighted by atomic mass is 10.1. The van der Waals surface area contributed by atoms with Crippen molar-refractivity contribution >= 4 is 18.1 Å². The zero-order chi connectivity index (χ0) is 15.5. The van der Waals surface area contributed by atoms with Gasteiger partial charge in [-0.05, 0) is 31.9 Å². The molecule has 0 fully saturated rings. The highest BCUT2D eigenvalue weighted by molar-refractivity contribution is 5.80. The summed E-state index contributed by atoms with van der Waals surface area (Å²) in [4.78, 5) is 22.4. The number of esters is 1. The van der Waals surface area contributed by atoms with Gasteiger partial charge >= 0.3 is 5.97 Å². The molecule has 1 N–H and O–H groups in total. The van der Waals surface area contributed by atoms with Crippen molar-refractivity contribution in [2.45, 2.75) is 45.4 Å². The van der Waals surface area contributed by atoms with Crippen molar-refractivity contribution < 1.29 is 18.7 Å². The molecule has 6 heteroatoms. The van der Waals surface area contributed by atoms with Crippen molar-refractivity contribution in [2.75, 3.05) is 7.11 Å². The first-order valence-corrected chi connectivity index (χ1v) is 7.07. The van der Waals surface area contributed by atoms with Crippen molar-refractivity contribution in [3.63, 3.8) is 0 Å². The van der Waals surface area contributed by atoms with Gasteiger partial charge < -0.3 is 9.15 Å². The van der Waals surface area contributed by atoms with E-state index in [1.54, 1.807) is 6.07 Å². The third-order valence-corrected chi connectivity index (χ3v) is 2.90. The highest BCUT2D eigenvalue weighted by Gasteiger charge is 2.02. The molecule has 0 aromatic carbocycles. The summed E-state index contributed by atoms with van der Waals surface area (Å²) in [6.07, 6.45) is 5.74. The van der Waals surface area contributed by atoms with E-state index in [-0.39, 0.29) is 11.9 Å². The Hall–Kier alpha value is -2.11. The number of ether oxygens (including phenoxy) is 1. The fraction of sp³-hybridized carbons (Fsp3) is 0.533. The summed E-state index contributed by atoms with van der Waals surface area (Å²) in [5, 5.41) is 3.82. The highest BCUT2D eigenvalue weighted by Crippen LogP contribution is 2.06. The fourth-order valence-electron chi connectivity index (χ4n) is 1.76. The van der Waals surface area contributed by atoms with E-state index in [1.165, 1.54) is 13.3 Å². The Morgan fingerprint density at radius 3 is 2.57 bits per heavy atom. The van der Waals surface area contributed by atoms with Crippen LogP contribution in [-0.2, 0) is 14.3 Å². The number of amides is 1. The van der Waals surface area contributed by atoms with E-state index in [9.17, 15) is 9.59 Å². The van der Waals surface area contributed by atoms with Gasteiger partial charge in [0.25, 0.3) is 0 Å². The SMILES string of the molecule is COC(=O)CCCCCCC(=O)N/N=C/c1ccc(C)o1. The number of nitrogens with one attached hydrogen (secondary N) is 1. The van der Waals surface area contributed by atoms with Gasteiger partial charge in [0, 0.05) is 12.8 Å². The van der Waals surface area contributed by atoms with Crippen LogP contribution in [0, 0.1) is 6.92 Å². The Labute approximate surface area is 124 Å². The number of furan rings is 1. The average molecular weight is 294 g/mol. The van der Waals surface area contributed by atoms with Crippen LogP contribution in [0.1, 0.15) is 50.0 Å². The maximum Gasteiger partial charge on any atom is 0.305 e. The summed E-state index contributed by atoms with van der Waals surface area (Å²) < 4.78 is 9.83. The summed E-state index contributed by atoms with van der Waals surface area (Å²) in [5.74, 6) is 1.10. The molecule has 6 nitrogen and oxygen atoms in total. The minimum absolute atomic E-state index is 0.123. The third-order valence-electron chi connectivity index (χ3n) is 2.90. The van der Waals surface area contributed by atoms with E-state index in [2.05, 4.69) is 15.3 Å². The monoisotopic (exact) mass is 294 g/mol. The molecule has 1 aromatic rings. The van der Waals surface area contributed by atoms with Crippen LogP contribution in [0.25, 0.3) is 0 Å². The van der Waals surface area contributed by atoms with Crippen LogP contribution in [0.2, 0.25) is 0 Å². The van der Waals surface area contributed by atoms with Crippen LogP contribution in [0.4, 0.5) is 0 Å². The zero-order valence-electron chi connectivity index (χ0n) is 12.6. The normalized spacial score (nSPS) is 10.8. The van der Waals surface area contributed by atoms with Gasteiger partial charge in [0.05, 0.1) is 13.3 Å². The standard InChI is InChI=1S/C15H22N2O4/c1-12-9-10-13(21-12)11-16-17-14(18)7-5-3-4-6-8-15(19)20-2/h9-11H,3-8H2,1-2H3,(H,17,18)/b16-11+. The number of hydrogen-bond donors (Lipinski definition) is 1. The van der Waals surface area contributed by atoms with E-state index < -0.39 is 0 Å². The average Bonchev–Trinajstić information content (AvgIpc) is 2.88. The predicted octanol–water partition coefficient (Wildman–Crippen LogP) is 2.55. The van der Waals surface area contributed by atoms with Gasteiger partial charge in [-0.1, -0.05) is 12.8 Å².